The second-order valence-corrected chi connectivity index (χ2v) is 5.95. The minimum Gasteiger partial charge on any atom is -0.383 e. The molecule has 106 valence electrons. The second kappa shape index (κ2) is 6.67. The summed E-state index contributed by atoms with van der Waals surface area (Å²) >= 11 is 2.91. The summed E-state index contributed by atoms with van der Waals surface area (Å²) in [5, 5.41) is 13.8. The van der Waals surface area contributed by atoms with Crippen LogP contribution in [0.1, 0.15) is 18.3 Å². The Balaban J connectivity index is 2.09. The molecule has 2 aromatic rings. The van der Waals surface area contributed by atoms with Crippen LogP contribution in [0.4, 0.5) is 11.4 Å². The summed E-state index contributed by atoms with van der Waals surface area (Å²) in [6.07, 6.45) is 0.819. The topological polar surface area (TPSA) is 81.0 Å². The van der Waals surface area contributed by atoms with Crippen molar-refractivity contribution in [3.63, 3.8) is 0 Å². The van der Waals surface area contributed by atoms with E-state index in [9.17, 15) is 10.1 Å². The van der Waals surface area contributed by atoms with Crippen LogP contribution < -0.4 is 5.32 Å². The maximum absolute atomic E-state index is 11.0. The van der Waals surface area contributed by atoms with E-state index < -0.39 is 0 Å². The van der Waals surface area contributed by atoms with E-state index >= 15 is 0 Å². The van der Waals surface area contributed by atoms with Crippen LogP contribution in [0.3, 0.4) is 0 Å². The number of nitro groups is 1. The Bertz CT molecular complexity index is 615. The molecular weight excluding hydrogens is 296 g/mol. The van der Waals surface area contributed by atoms with Crippen molar-refractivity contribution in [2.45, 2.75) is 23.4 Å². The van der Waals surface area contributed by atoms with E-state index in [1.165, 1.54) is 11.5 Å². The molecule has 1 N–H and O–H groups in total. The van der Waals surface area contributed by atoms with Gasteiger partial charge in [0.15, 0.2) is 4.34 Å². The van der Waals surface area contributed by atoms with Gasteiger partial charge in [0.25, 0.3) is 5.69 Å². The Kier molecular flexibility index (Phi) is 4.91. The molecule has 20 heavy (non-hydrogen) atoms. The van der Waals surface area contributed by atoms with Crippen LogP contribution in [-0.4, -0.2) is 21.3 Å². The first kappa shape index (κ1) is 14.7. The number of nitrogens with zero attached hydrogens (tertiary/aromatic N) is 3. The summed E-state index contributed by atoms with van der Waals surface area (Å²) < 4.78 is 5.10. The van der Waals surface area contributed by atoms with Crippen molar-refractivity contribution in [1.82, 2.24) is 9.36 Å². The molecular formula is C12H14N4O2S2. The van der Waals surface area contributed by atoms with E-state index in [4.69, 9.17) is 0 Å². The molecule has 1 aromatic carbocycles. The van der Waals surface area contributed by atoms with Crippen molar-refractivity contribution >= 4 is 34.7 Å². The molecule has 0 aliphatic rings. The van der Waals surface area contributed by atoms with Gasteiger partial charge in [0.2, 0.25) is 0 Å². The summed E-state index contributed by atoms with van der Waals surface area (Å²) in [6.45, 7) is 2.01. The molecule has 1 aromatic heterocycles. The summed E-state index contributed by atoms with van der Waals surface area (Å²) in [5.74, 6) is 1.48. The molecule has 0 saturated heterocycles. The van der Waals surface area contributed by atoms with Crippen LogP contribution in [-0.2, 0) is 12.2 Å². The molecule has 0 unspecified atom stereocenters. The maximum Gasteiger partial charge on any atom is 0.292 e. The molecule has 6 nitrogen and oxygen atoms in total. The Hall–Kier alpha value is -1.67. The smallest absolute Gasteiger partial charge is 0.292 e. The number of aryl methyl sites for hydroxylation is 1. The van der Waals surface area contributed by atoms with Crippen LogP contribution in [0.15, 0.2) is 22.5 Å². The summed E-state index contributed by atoms with van der Waals surface area (Å²) in [5.41, 5.74) is 1.51. The fourth-order valence-electron chi connectivity index (χ4n) is 1.61. The molecule has 0 aliphatic heterocycles. The van der Waals surface area contributed by atoms with E-state index in [1.807, 2.05) is 13.0 Å². The fourth-order valence-corrected chi connectivity index (χ4v) is 3.25. The zero-order valence-corrected chi connectivity index (χ0v) is 12.8. The third-order valence-electron chi connectivity index (χ3n) is 2.66. The third kappa shape index (κ3) is 3.45. The van der Waals surface area contributed by atoms with Crippen molar-refractivity contribution in [2.75, 3.05) is 12.4 Å². The number of nitro benzene ring substituents is 1. The molecule has 1 heterocycles. The van der Waals surface area contributed by atoms with Gasteiger partial charge >= 0.3 is 0 Å². The highest BCUT2D eigenvalue weighted by Gasteiger charge is 2.13. The fraction of sp³-hybridized carbons (Fsp3) is 0.333. The average molecular weight is 310 g/mol. The van der Waals surface area contributed by atoms with Gasteiger partial charge in [-0.15, -0.1) is 0 Å². The lowest BCUT2D eigenvalue weighted by Gasteiger charge is -2.04. The van der Waals surface area contributed by atoms with Crippen molar-refractivity contribution in [3.8, 4) is 0 Å². The van der Waals surface area contributed by atoms with Gasteiger partial charge in [-0.1, -0.05) is 24.8 Å². The highest BCUT2D eigenvalue weighted by Crippen LogP contribution is 2.29. The second-order valence-electron chi connectivity index (χ2n) is 3.98. The number of anilines is 1. The first-order chi connectivity index (χ1) is 9.63. The lowest BCUT2D eigenvalue weighted by atomic mass is 10.2. The minimum absolute atomic E-state index is 0.0945. The van der Waals surface area contributed by atoms with Gasteiger partial charge in [-0.05, 0) is 23.2 Å². The molecule has 0 aliphatic carbocycles. The van der Waals surface area contributed by atoms with E-state index in [2.05, 4.69) is 14.7 Å². The highest BCUT2D eigenvalue weighted by atomic mass is 32.2. The number of hydrogen-bond acceptors (Lipinski definition) is 7. The van der Waals surface area contributed by atoms with Gasteiger partial charge in [0, 0.05) is 25.3 Å². The molecule has 2 rings (SSSR count). The normalized spacial score (nSPS) is 10.5. The Morgan fingerprint density at radius 2 is 2.30 bits per heavy atom. The summed E-state index contributed by atoms with van der Waals surface area (Å²) in [7, 11) is 1.67. The van der Waals surface area contributed by atoms with Crippen molar-refractivity contribution in [1.29, 1.82) is 0 Å². The summed E-state index contributed by atoms with van der Waals surface area (Å²) in [4.78, 5) is 15.0. The molecule has 0 saturated carbocycles. The summed E-state index contributed by atoms with van der Waals surface area (Å²) in [6, 6.07) is 5.21. The predicted octanol–water partition coefficient (Wildman–Crippen LogP) is 3.34. The molecule has 0 atom stereocenters. The lowest BCUT2D eigenvalue weighted by molar-refractivity contribution is -0.384. The quantitative estimate of drug-likeness (QED) is 0.500. The van der Waals surface area contributed by atoms with E-state index in [1.54, 1.807) is 30.9 Å². The Morgan fingerprint density at radius 3 is 2.90 bits per heavy atom. The number of nitrogens with one attached hydrogen (secondary N) is 1. The maximum atomic E-state index is 11.0. The lowest BCUT2D eigenvalue weighted by Crippen LogP contribution is -1.97. The van der Waals surface area contributed by atoms with E-state index in [-0.39, 0.29) is 10.6 Å². The predicted molar refractivity (Wildman–Crippen MR) is 81.5 cm³/mol. The monoisotopic (exact) mass is 310 g/mol. The Morgan fingerprint density at radius 1 is 1.50 bits per heavy atom. The Labute approximate surface area is 124 Å². The number of benzene rings is 1. The van der Waals surface area contributed by atoms with Gasteiger partial charge in [0.05, 0.1) is 4.92 Å². The van der Waals surface area contributed by atoms with Crippen LogP contribution in [0, 0.1) is 10.1 Å². The van der Waals surface area contributed by atoms with Crippen LogP contribution in [0.5, 0.6) is 0 Å². The standard InChI is InChI=1S/C12H14N4O2S2/c1-3-11-14-12(20-15-11)19-7-8-4-5-9(13-2)10(6-8)16(17)18/h4-6,13H,3,7H2,1-2H3. The molecule has 0 amide bonds. The van der Waals surface area contributed by atoms with Crippen LogP contribution in [0.2, 0.25) is 0 Å². The molecule has 8 heteroatoms. The van der Waals surface area contributed by atoms with Gasteiger partial charge in [0.1, 0.15) is 11.5 Å². The minimum atomic E-state index is -0.375. The van der Waals surface area contributed by atoms with Gasteiger partial charge in [-0.2, -0.15) is 4.37 Å². The van der Waals surface area contributed by atoms with Gasteiger partial charge in [-0.25, -0.2) is 4.98 Å². The number of thioether (sulfide) groups is 1. The third-order valence-corrected chi connectivity index (χ3v) is 4.60. The van der Waals surface area contributed by atoms with Crippen molar-refractivity contribution < 1.29 is 4.92 Å². The van der Waals surface area contributed by atoms with Crippen molar-refractivity contribution in [2.24, 2.45) is 0 Å². The number of rotatable bonds is 6. The SMILES string of the molecule is CCc1nsc(SCc2ccc(NC)c([N+](=O)[O-])c2)n1. The zero-order valence-electron chi connectivity index (χ0n) is 11.1. The number of hydrogen-bond donors (Lipinski definition) is 1. The van der Waals surface area contributed by atoms with Gasteiger partial charge in [-0.3, -0.25) is 10.1 Å². The zero-order chi connectivity index (χ0) is 14.5. The van der Waals surface area contributed by atoms with Gasteiger partial charge < -0.3 is 5.32 Å². The van der Waals surface area contributed by atoms with Crippen molar-refractivity contribution in [3.05, 3.63) is 39.7 Å². The molecule has 0 bridgehead atoms. The van der Waals surface area contributed by atoms with Crippen LogP contribution >= 0.6 is 23.3 Å². The molecule has 0 fully saturated rings. The van der Waals surface area contributed by atoms with E-state index in [0.717, 1.165) is 22.1 Å². The van der Waals surface area contributed by atoms with E-state index in [0.29, 0.717) is 11.4 Å². The molecule has 0 radical (unpaired) electrons. The largest absolute Gasteiger partial charge is 0.383 e. The average Bonchev–Trinajstić information content (AvgIpc) is 2.92. The van der Waals surface area contributed by atoms with Crippen LogP contribution in [0.25, 0.3) is 0 Å². The molecule has 0 spiro atoms. The first-order valence-electron chi connectivity index (χ1n) is 6.04. The number of aromatic nitrogens is 2. The first-order valence-corrected chi connectivity index (χ1v) is 7.80. The highest BCUT2D eigenvalue weighted by molar-refractivity contribution is 8.00.